The van der Waals surface area contributed by atoms with Crippen molar-refractivity contribution in [2.24, 2.45) is 0 Å². The first kappa shape index (κ1) is 15.6. The molecule has 1 amide bonds. The van der Waals surface area contributed by atoms with Crippen molar-refractivity contribution in [2.75, 3.05) is 12.4 Å². The number of anilines is 1. The number of amides is 1. The Balaban J connectivity index is 1.70. The summed E-state index contributed by atoms with van der Waals surface area (Å²) in [5.74, 6) is 0.384. The Morgan fingerprint density at radius 3 is 2.88 bits per heavy atom. The zero-order chi connectivity index (χ0) is 17.2. The van der Waals surface area contributed by atoms with E-state index in [4.69, 9.17) is 4.74 Å². The van der Waals surface area contributed by atoms with E-state index < -0.39 is 0 Å². The van der Waals surface area contributed by atoms with Gasteiger partial charge in [-0.05, 0) is 43.4 Å². The second-order valence-electron chi connectivity index (χ2n) is 6.24. The zero-order valence-corrected chi connectivity index (χ0v) is 14.2. The molecule has 0 fully saturated rings. The molecule has 1 aliphatic rings. The Hall–Kier alpha value is -2.89. The molecule has 4 rings (SSSR count). The van der Waals surface area contributed by atoms with E-state index in [-0.39, 0.29) is 5.91 Å². The van der Waals surface area contributed by atoms with Crippen LogP contribution in [0.15, 0.2) is 36.7 Å². The Kier molecular flexibility index (Phi) is 4.09. The SMILES string of the molecule is COc1ccccc1NC(=O)c1cnn2c3c(cnc12)CCCCC3. The highest BCUT2D eigenvalue weighted by Crippen LogP contribution is 2.25. The first-order chi connectivity index (χ1) is 12.3. The Morgan fingerprint density at radius 2 is 2.00 bits per heavy atom. The number of nitrogens with one attached hydrogen (secondary N) is 1. The number of nitrogens with zero attached hydrogens (tertiary/aromatic N) is 3. The summed E-state index contributed by atoms with van der Waals surface area (Å²) in [5.41, 5.74) is 4.12. The molecule has 25 heavy (non-hydrogen) atoms. The number of carbonyl (C=O) groups excluding carboxylic acids is 1. The summed E-state index contributed by atoms with van der Waals surface area (Å²) in [4.78, 5) is 17.2. The summed E-state index contributed by atoms with van der Waals surface area (Å²) in [6.07, 6.45) is 9.05. The van der Waals surface area contributed by atoms with Crippen molar-refractivity contribution in [1.29, 1.82) is 0 Å². The number of rotatable bonds is 3. The van der Waals surface area contributed by atoms with Gasteiger partial charge in [-0.25, -0.2) is 9.50 Å². The maximum Gasteiger partial charge on any atom is 0.261 e. The number of hydrogen-bond acceptors (Lipinski definition) is 4. The smallest absolute Gasteiger partial charge is 0.261 e. The van der Waals surface area contributed by atoms with E-state index in [0.29, 0.717) is 22.6 Å². The summed E-state index contributed by atoms with van der Waals surface area (Å²) < 4.78 is 7.12. The summed E-state index contributed by atoms with van der Waals surface area (Å²) in [5, 5.41) is 7.33. The molecule has 1 aliphatic carbocycles. The van der Waals surface area contributed by atoms with E-state index in [1.54, 1.807) is 13.3 Å². The van der Waals surface area contributed by atoms with Gasteiger partial charge in [-0.2, -0.15) is 5.10 Å². The molecule has 0 saturated heterocycles. The van der Waals surface area contributed by atoms with Crippen molar-refractivity contribution >= 4 is 17.2 Å². The number of methoxy groups -OCH3 is 1. The molecule has 0 saturated carbocycles. The Bertz CT molecular complexity index is 932. The van der Waals surface area contributed by atoms with Crippen LogP contribution in [0, 0.1) is 0 Å². The van der Waals surface area contributed by atoms with E-state index in [1.165, 1.54) is 24.1 Å². The number of para-hydroxylation sites is 2. The third-order valence-corrected chi connectivity index (χ3v) is 4.67. The number of benzene rings is 1. The van der Waals surface area contributed by atoms with Gasteiger partial charge in [0, 0.05) is 11.9 Å². The molecule has 0 spiro atoms. The molecular weight excluding hydrogens is 316 g/mol. The molecule has 0 radical (unpaired) electrons. The third kappa shape index (κ3) is 2.84. The predicted molar refractivity (Wildman–Crippen MR) is 95.2 cm³/mol. The fourth-order valence-corrected chi connectivity index (χ4v) is 3.37. The van der Waals surface area contributed by atoms with Crippen LogP contribution in [0.2, 0.25) is 0 Å². The van der Waals surface area contributed by atoms with Gasteiger partial charge in [0.2, 0.25) is 0 Å². The molecule has 1 N–H and O–H groups in total. The topological polar surface area (TPSA) is 68.5 Å². The van der Waals surface area contributed by atoms with Crippen LogP contribution in [0.3, 0.4) is 0 Å². The number of fused-ring (bicyclic) bond motifs is 3. The fraction of sp³-hybridized carbons (Fsp3) is 0.316. The van der Waals surface area contributed by atoms with Gasteiger partial charge < -0.3 is 10.1 Å². The third-order valence-electron chi connectivity index (χ3n) is 4.67. The molecule has 0 aliphatic heterocycles. The molecule has 0 unspecified atom stereocenters. The maximum atomic E-state index is 12.7. The van der Waals surface area contributed by atoms with Crippen molar-refractivity contribution in [1.82, 2.24) is 14.6 Å². The Labute approximate surface area is 145 Å². The van der Waals surface area contributed by atoms with Gasteiger partial charge in [-0.1, -0.05) is 18.6 Å². The van der Waals surface area contributed by atoms with Crippen LogP contribution in [0.4, 0.5) is 5.69 Å². The zero-order valence-electron chi connectivity index (χ0n) is 14.2. The molecule has 128 valence electrons. The lowest BCUT2D eigenvalue weighted by atomic mass is 10.1. The largest absolute Gasteiger partial charge is 0.495 e. The summed E-state index contributed by atoms with van der Waals surface area (Å²) in [6.45, 7) is 0. The normalized spacial score (nSPS) is 14.0. The minimum absolute atomic E-state index is 0.236. The van der Waals surface area contributed by atoms with E-state index in [2.05, 4.69) is 15.4 Å². The minimum Gasteiger partial charge on any atom is -0.495 e. The quantitative estimate of drug-likeness (QED) is 0.746. The molecule has 3 aromatic rings. The summed E-state index contributed by atoms with van der Waals surface area (Å²) in [7, 11) is 1.58. The average molecular weight is 336 g/mol. The second-order valence-corrected chi connectivity index (χ2v) is 6.24. The average Bonchev–Trinajstić information content (AvgIpc) is 2.93. The molecule has 0 atom stereocenters. The molecule has 1 aromatic carbocycles. The van der Waals surface area contributed by atoms with Gasteiger partial charge in [-0.3, -0.25) is 4.79 Å². The van der Waals surface area contributed by atoms with Crippen LogP contribution in [0.25, 0.3) is 5.65 Å². The van der Waals surface area contributed by atoms with E-state index in [0.717, 1.165) is 19.3 Å². The van der Waals surface area contributed by atoms with Crippen molar-refractivity contribution in [2.45, 2.75) is 32.1 Å². The van der Waals surface area contributed by atoms with Crippen LogP contribution in [-0.2, 0) is 12.8 Å². The van der Waals surface area contributed by atoms with Gasteiger partial charge in [0.05, 0.1) is 19.0 Å². The number of ether oxygens (including phenoxy) is 1. The predicted octanol–water partition coefficient (Wildman–Crippen LogP) is 3.26. The lowest BCUT2D eigenvalue weighted by Crippen LogP contribution is -2.13. The van der Waals surface area contributed by atoms with Crippen LogP contribution < -0.4 is 10.1 Å². The lowest BCUT2D eigenvalue weighted by molar-refractivity contribution is 0.102. The molecular formula is C19H20N4O2. The van der Waals surface area contributed by atoms with Gasteiger partial charge in [0.25, 0.3) is 5.91 Å². The molecule has 6 nitrogen and oxygen atoms in total. The van der Waals surface area contributed by atoms with Gasteiger partial charge in [0.15, 0.2) is 5.65 Å². The Morgan fingerprint density at radius 1 is 1.16 bits per heavy atom. The van der Waals surface area contributed by atoms with Crippen LogP contribution in [0.1, 0.15) is 40.9 Å². The number of hydrogen-bond donors (Lipinski definition) is 1. The summed E-state index contributed by atoms with van der Waals surface area (Å²) >= 11 is 0. The monoisotopic (exact) mass is 336 g/mol. The minimum atomic E-state index is -0.236. The number of aryl methyl sites for hydroxylation is 2. The van der Waals surface area contributed by atoms with E-state index in [1.807, 2.05) is 35.0 Å². The number of carbonyl (C=O) groups is 1. The first-order valence-electron chi connectivity index (χ1n) is 8.57. The molecule has 2 heterocycles. The first-order valence-corrected chi connectivity index (χ1v) is 8.57. The van der Waals surface area contributed by atoms with Crippen LogP contribution in [0.5, 0.6) is 5.75 Å². The van der Waals surface area contributed by atoms with Gasteiger partial charge >= 0.3 is 0 Å². The van der Waals surface area contributed by atoms with Crippen molar-refractivity contribution in [3.63, 3.8) is 0 Å². The van der Waals surface area contributed by atoms with Crippen molar-refractivity contribution in [3.05, 3.63) is 53.5 Å². The lowest BCUT2D eigenvalue weighted by Gasteiger charge is -2.10. The second kappa shape index (κ2) is 6.55. The standard InChI is InChI=1S/C19H20N4O2/c1-25-17-10-6-5-8-15(17)22-19(24)14-12-21-23-16-9-4-2-3-7-13(16)11-20-18(14)23/h5-6,8,10-12H,2-4,7,9H2,1H3,(H,22,24). The molecule has 6 heteroatoms. The fourth-order valence-electron chi connectivity index (χ4n) is 3.37. The van der Waals surface area contributed by atoms with E-state index >= 15 is 0 Å². The maximum absolute atomic E-state index is 12.7. The van der Waals surface area contributed by atoms with Gasteiger partial charge in [0.1, 0.15) is 11.3 Å². The van der Waals surface area contributed by atoms with Crippen LogP contribution >= 0.6 is 0 Å². The molecule has 0 bridgehead atoms. The highest BCUT2D eigenvalue weighted by molar-refractivity contribution is 6.08. The highest BCUT2D eigenvalue weighted by Gasteiger charge is 2.19. The number of aromatic nitrogens is 3. The van der Waals surface area contributed by atoms with Crippen molar-refractivity contribution in [3.8, 4) is 5.75 Å². The van der Waals surface area contributed by atoms with Crippen LogP contribution in [-0.4, -0.2) is 27.6 Å². The van der Waals surface area contributed by atoms with Crippen molar-refractivity contribution < 1.29 is 9.53 Å². The van der Waals surface area contributed by atoms with E-state index in [9.17, 15) is 4.79 Å². The molecule has 2 aromatic heterocycles. The summed E-state index contributed by atoms with van der Waals surface area (Å²) in [6, 6.07) is 7.33. The highest BCUT2D eigenvalue weighted by atomic mass is 16.5. The van der Waals surface area contributed by atoms with Gasteiger partial charge in [-0.15, -0.1) is 0 Å².